The predicted octanol–water partition coefficient (Wildman–Crippen LogP) is 2.62. The molecule has 26 heavy (non-hydrogen) atoms. The van der Waals surface area contributed by atoms with Crippen molar-refractivity contribution in [1.82, 2.24) is 4.90 Å². The molecule has 0 aliphatic carbocycles. The predicted molar refractivity (Wildman–Crippen MR) is 95.9 cm³/mol. The van der Waals surface area contributed by atoms with E-state index in [0.717, 1.165) is 6.07 Å². The summed E-state index contributed by atoms with van der Waals surface area (Å²) in [7, 11) is 4.69. The number of nitro benzene ring substituents is 1. The number of carbonyl (C=O) groups is 2. The number of likely N-dealkylation sites (N-methyl/N-ethyl adjacent to an activating group) is 1. The molecule has 0 aromatic heterocycles. The molecule has 8 heteroatoms. The molecule has 0 saturated carbocycles. The largest absolute Gasteiger partial charge is 0.444 e. The lowest BCUT2D eigenvalue weighted by molar-refractivity contribution is -0.384. The maximum Gasteiger partial charge on any atom is 0.341 e. The number of nitro groups is 1. The zero-order valence-corrected chi connectivity index (χ0v) is 14.6. The molecule has 1 amide bonds. The Hall–Kier alpha value is -3.42. The van der Waals surface area contributed by atoms with Crippen LogP contribution < -0.4 is 5.32 Å². The van der Waals surface area contributed by atoms with Gasteiger partial charge < -0.3 is 15.0 Å². The van der Waals surface area contributed by atoms with Crippen molar-refractivity contribution in [2.24, 2.45) is 0 Å². The minimum atomic E-state index is -1.15. The fourth-order valence-corrected chi connectivity index (χ4v) is 2.33. The summed E-state index contributed by atoms with van der Waals surface area (Å²) < 4.78 is 5.43. The first-order chi connectivity index (χ1) is 12.3. The SMILES string of the molecule is CNc1ccc([N+](=O)[O-])cc1C(=O)O[C@H](C(=O)N(C)C)c1ccccc1. The Morgan fingerprint density at radius 2 is 1.81 bits per heavy atom. The second-order valence-corrected chi connectivity index (χ2v) is 5.67. The number of benzene rings is 2. The number of nitrogens with zero attached hydrogens (tertiary/aromatic N) is 2. The number of amides is 1. The van der Waals surface area contributed by atoms with Crippen LogP contribution in [0.5, 0.6) is 0 Å². The summed E-state index contributed by atoms with van der Waals surface area (Å²) in [5.41, 5.74) is 0.612. The van der Waals surface area contributed by atoms with E-state index in [0.29, 0.717) is 11.3 Å². The Morgan fingerprint density at radius 1 is 1.15 bits per heavy atom. The molecule has 2 aromatic rings. The third-order valence-electron chi connectivity index (χ3n) is 3.70. The van der Waals surface area contributed by atoms with E-state index < -0.39 is 22.9 Å². The Bertz CT molecular complexity index is 821. The number of nitrogens with one attached hydrogen (secondary N) is 1. The quantitative estimate of drug-likeness (QED) is 0.484. The molecule has 0 saturated heterocycles. The van der Waals surface area contributed by atoms with E-state index in [9.17, 15) is 19.7 Å². The summed E-state index contributed by atoms with van der Waals surface area (Å²) in [6.07, 6.45) is -1.15. The molecule has 0 heterocycles. The van der Waals surface area contributed by atoms with Crippen molar-refractivity contribution < 1.29 is 19.2 Å². The van der Waals surface area contributed by atoms with Crippen molar-refractivity contribution in [1.29, 1.82) is 0 Å². The van der Waals surface area contributed by atoms with Gasteiger partial charge in [-0.05, 0) is 6.07 Å². The number of esters is 1. The molecular weight excluding hydrogens is 338 g/mol. The fourth-order valence-electron chi connectivity index (χ4n) is 2.33. The second-order valence-electron chi connectivity index (χ2n) is 5.67. The summed E-state index contributed by atoms with van der Waals surface area (Å²) in [6.45, 7) is 0. The summed E-state index contributed by atoms with van der Waals surface area (Å²) in [5.74, 6) is -1.25. The lowest BCUT2D eigenvalue weighted by Crippen LogP contribution is -2.31. The number of anilines is 1. The third kappa shape index (κ3) is 4.15. The maximum atomic E-state index is 12.7. The van der Waals surface area contributed by atoms with E-state index in [1.54, 1.807) is 51.5 Å². The molecule has 1 atom stereocenters. The fraction of sp³-hybridized carbons (Fsp3) is 0.222. The highest BCUT2D eigenvalue weighted by atomic mass is 16.6. The summed E-state index contributed by atoms with van der Waals surface area (Å²) in [4.78, 5) is 36.8. The maximum absolute atomic E-state index is 12.7. The zero-order valence-electron chi connectivity index (χ0n) is 14.6. The van der Waals surface area contributed by atoms with Crippen molar-refractivity contribution >= 4 is 23.3 Å². The van der Waals surface area contributed by atoms with Gasteiger partial charge in [0.25, 0.3) is 11.6 Å². The number of carbonyl (C=O) groups excluding carboxylic acids is 2. The van der Waals surface area contributed by atoms with E-state index in [1.165, 1.54) is 17.0 Å². The molecule has 2 aromatic carbocycles. The van der Waals surface area contributed by atoms with Gasteiger partial charge in [0.05, 0.1) is 10.5 Å². The van der Waals surface area contributed by atoms with E-state index in [4.69, 9.17) is 4.74 Å². The van der Waals surface area contributed by atoms with Crippen LogP contribution in [0.25, 0.3) is 0 Å². The molecule has 0 unspecified atom stereocenters. The Morgan fingerprint density at radius 3 is 2.35 bits per heavy atom. The first-order valence-electron chi connectivity index (χ1n) is 7.78. The van der Waals surface area contributed by atoms with Crippen LogP contribution in [0.4, 0.5) is 11.4 Å². The first-order valence-corrected chi connectivity index (χ1v) is 7.78. The molecule has 0 aliphatic heterocycles. The molecule has 1 N–H and O–H groups in total. The van der Waals surface area contributed by atoms with Gasteiger partial charge in [0.1, 0.15) is 0 Å². The van der Waals surface area contributed by atoms with Crippen LogP contribution in [0.1, 0.15) is 22.0 Å². The topological polar surface area (TPSA) is 102 Å². The zero-order chi connectivity index (χ0) is 19.3. The van der Waals surface area contributed by atoms with Gasteiger partial charge in [0, 0.05) is 44.5 Å². The lowest BCUT2D eigenvalue weighted by atomic mass is 10.1. The Kier molecular flexibility index (Phi) is 5.90. The average Bonchev–Trinajstić information content (AvgIpc) is 2.65. The second kappa shape index (κ2) is 8.11. The normalized spacial score (nSPS) is 11.3. The van der Waals surface area contributed by atoms with Gasteiger partial charge >= 0.3 is 5.97 Å². The number of hydrogen-bond acceptors (Lipinski definition) is 6. The van der Waals surface area contributed by atoms with Crippen molar-refractivity contribution in [3.05, 3.63) is 69.8 Å². The van der Waals surface area contributed by atoms with E-state index >= 15 is 0 Å². The lowest BCUT2D eigenvalue weighted by Gasteiger charge is -2.21. The highest BCUT2D eigenvalue weighted by molar-refractivity contribution is 5.98. The summed E-state index contributed by atoms with van der Waals surface area (Å²) >= 11 is 0. The minimum absolute atomic E-state index is 0.0193. The van der Waals surface area contributed by atoms with Crippen molar-refractivity contribution in [2.45, 2.75) is 6.10 Å². The van der Waals surface area contributed by atoms with Crippen LogP contribution in [0.15, 0.2) is 48.5 Å². The molecule has 136 valence electrons. The standard InChI is InChI=1S/C18H19N3O5/c1-19-15-10-9-13(21(24)25)11-14(15)18(23)26-16(17(22)20(2)3)12-7-5-4-6-8-12/h4-11,16,19H,1-3H3/t16-/m0/s1. The van der Waals surface area contributed by atoms with Crippen molar-refractivity contribution in [3.8, 4) is 0 Å². The summed E-state index contributed by atoms with van der Waals surface area (Å²) in [6, 6.07) is 12.4. The van der Waals surface area contributed by atoms with Crippen LogP contribution >= 0.6 is 0 Å². The van der Waals surface area contributed by atoms with E-state index in [1.807, 2.05) is 0 Å². The smallest absolute Gasteiger partial charge is 0.341 e. The molecule has 0 spiro atoms. The molecule has 0 bridgehead atoms. The molecular formula is C18H19N3O5. The average molecular weight is 357 g/mol. The van der Waals surface area contributed by atoms with Gasteiger partial charge in [-0.3, -0.25) is 14.9 Å². The first kappa shape index (κ1) is 18.9. The molecule has 0 aliphatic rings. The van der Waals surface area contributed by atoms with Crippen LogP contribution in [0.2, 0.25) is 0 Å². The van der Waals surface area contributed by atoms with Gasteiger partial charge in [-0.25, -0.2) is 4.79 Å². The summed E-state index contributed by atoms with van der Waals surface area (Å²) in [5, 5.41) is 13.8. The van der Waals surface area contributed by atoms with E-state index in [-0.39, 0.29) is 11.3 Å². The minimum Gasteiger partial charge on any atom is -0.444 e. The molecule has 8 nitrogen and oxygen atoms in total. The van der Waals surface area contributed by atoms with Gasteiger partial charge in [-0.1, -0.05) is 30.3 Å². The highest BCUT2D eigenvalue weighted by Gasteiger charge is 2.28. The Labute approximate surface area is 150 Å². The van der Waals surface area contributed by atoms with Gasteiger partial charge in [0.2, 0.25) is 6.10 Å². The van der Waals surface area contributed by atoms with Gasteiger partial charge in [0.15, 0.2) is 0 Å². The molecule has 0 fully saturated rings. The van der Waals surface area contributed by atoms with Gasteiger partial charge in [-0.15, -0.1) is 0 Å². The highest BCUT2D eigenvalue weighted by Crippen LogP contribution is 2.26. The van der Waals surface area contributed by atoms with Crippen molar-refractivity contribution in [3.63, 3.8) is 0 Å². The Balaban J connectivity index is 2.40. The number of rotatable bonds is 6. The number of hydrogen-bond donors (Lipinski definition) is 1. The van der Waals surface area contributed by atoms with Crippen LogP contribution in [0, 0.1) is 10.1 Å². The molecule has 0 radical (unpaired) electrons. The molecule has 2 rings (SSSR count). The van der Waals surface area contributed by atoms with Crippen LogP contribution in [0.3, 0.4) is 0 Å². The number of ether oxygens (including phenoxy) is 1. The van der Waals surface area contributed by atoms with E-state index in [2.05, 4.69) is 5.32 Å². The third-order valence-corrected chi connectivity index (χ3v) is 3.70. The van der Waals surface area contributed by atoms with Gasteiger partial charge in [-0.2, -0.15) is 0 Å². The monoisotopic (exact) mass is 357 g/mol. The van der Waals surface area contributed by atoms with Crippen LogP contribution in [-0.2, 0) is 9.53 Å². The number of non-ortho nitro benzene ring substituents is 1. The van der Waals surface area contributed by atoms with Crippen LogP contribution in [-0.4, -0.2) is 42.8 Å². The van der Waals surface area contributed by atoms with Crippen molar-refractivity contribution in [2.75, 3.05) is 26.5 Å².